The molecule has 3 rings (SSSR count). The van der Waals surface area contributed by atoms with Crippen LogP contribution in [0.1, 0.15) is 57.2 Å². The van der Waals surface area contributed by atoms with Crippen molar-refractivity contribution in [1.29, 1.82) is 5.26 Å². The third-order valence-corrected chi connectivity index (χ3v) is 7.14. The maximum Gasteiger partial charge on any atom is 0.270 e. The van der Waals surface area contributed by atoms with Gasteiger partial charge in [-0.15, -0.1) is 0 Å². The number of nitriles is 1. The number of rotatable bonds is 6. The summed E-state index contributed by atoms with van der Waals surface area (Å²) in [6.07, 6.45) is 3.54. The summed E-state index contributed by atoms with van der Waals surface area (Å²) in [6.45, 7) is 12.0. The highest BCUT2D eigenvalue weighted by molar-refractivity contribution is 8.26. The quantitative estimate of drug-likeness (QED) is 0.460. The van der Waals surface area contributed by atoms with Crippen molar-refractivity contribution >= 4 is 46.1 Å². The van der Waals surface area contributed by atoms with E-state index >= 15 is 0 Å². The number of amides is 1. The molecule has 0 saturated carbocycles. The number of aromatic nitrogens is 1. The monoisotopic (exact) mass is 474 g/mol. The van der Waals surface area contributed by atoms with E-state index in [9.17, 15) is 14.9 Å². The van der Waals surface area contributed by atoms with E-state index in [4.69, 9.17) is 17.0 Å². The zero-order valence-corrected chi connectivity index (χ0v) is 20.9. The zero-order chi connectivity index (χ0) is 23.6. The summed E-state index contributed by atoms with van der Waals surface area (Å²) in [7, 11) is 0. The number of morpholine rings is 1. The summed E-state index contributed by atoms with van der Waals surface area (Å²) < 4.78 is 8.16. The fraction of sp³-hybridized carbons (Fsp3) is 0.565. The number of hydrogen-bond acceptors (Lipinski definition) is 7. The smallest absolute Gasteiger partial charge is 0.270 e. The average molecular weight is 475 g/mol. The van der Waals surface area contributed by atoms with E-state index in [1.807, 2.05) is 26.8 Å². The van der Waals surface area contributed by atoms with E-state index in [-0.39, 0.29) is 29.2 Å². The molecule has 32 heavy (non-hydrogen) atoms. The maximum absolute atomic E-state index is 13.3. The highest BCUT2D eigenvalue weighted by Gasteiger charge is 2.33. The van der Waals surface area contributed by atoms with Crippen molar-refractivity contribution in [3.8, 4) is 6.07 Å². The summed E-state index contributed by atoms with van der Waals surface area (Å²) in [5.74, 6) is 0.616. The van der Waals surface area contributed by atoms with Crippen molar-refractivity contribution in [3.63, 3.8) is 0 Å². The van der Waals surface area contributed by atoms with Crippen molar-refractivity contribution in [1.82, 2.24) is 9.47 Å². The van der Waals surface area contributed by atoms with E-state index < -0.39 is 0 Å². The van der Waals surface area contributed by atoms with Crippen molar-refractivity contribution in [2.45, 2.75) is 66.2 Å². The van der Waals surface area contributed by atoms with Crippen molar-refractivity contribution in [2.75, 3.05) is 24.5 Å². The molecule has 0 spiro atoms. The molecule has 1 aromatic heterocycles. The highest BCUT2D eigenvalue weighted by atomic mass is 32.2. The summed E-state index contributed by atoms with van der Waals surface area (Å²) in [5, 5.41) is 9.78. The Morgan fingerprint density at radius 3 is 2.44 bits per heavy atom. The number of carbonyl (C=O) groups is 1. The van der Waals surface area contributed by atoms with Crippen LogP contribution in [-0.2, 0) is 16.1 Å². The maximum atomic E-state index is 13.3. The van der Waals surface area contributed by atoms with Crippen LogP contribution in [-0.4, -0.2) is 51.5 Å². The number of likely N-dealkylation sites (N-methyl/N-ethyl adjacent to an activating group) is 1. The van der Waals surface area contributed by atoms with Crippen LogP contribution < -0.4 is 10.5 Å². The molecule has 2 unspecified atom stereocenters. The standard InChI is InChI=1S/C23H30N4O3S2/c1-6-8-9-27-20(25-12-14(3)30-15(4)13-25)17(16(5)18(11-24)21(27)28)10-19-22(29)26(7-2)23(31)32-19/h10,14-15H,6-9,12-13H2,1-5H3. The highest BCUT2D eigenvalue weighted by Crippen LogP contribution is 2.36. The normalized spacial score (nSPS) is 22.7. The molecular formula is C23H30N4O3S2. The van der Waals surface area contributed by atoms with Crippen LogP contribution in [0, 0.1) is 18.3 Å². The summed E-state index contributed by atoms with van der Waals surface area (Å²) in [4.78, 5) is 30.5. The van der Waals surface area contributed by atoms with Gasteiger partial charge in [-0.2, -0.15) is 5.26 Å². The fourth-order valence-electron chi connectivity index (χ4n) is 4.26. The van der Waals surface area contributed by atoms with Gasteiger partial charge in [0.25, 0.3) is 11.5 Å². The molecule has 2 fully saturated rings. The van der Waals surface area contributed by atoms with Crippen LogP contribution in [0.2, 0.25) is 0 Å². The Hall–Kier alpha value is -2.15. The van der Waals surface area contributed by atoms with Gasteiger partial charge in [0.15, 0.2) is 0 Å². The SMILES string of the molecule is CCCCn1c(N2CC(C)OC(C)C2)c(C=C2SC(=S)N(CC)C2=O)c(C)c(C#N)c1=O. The Morgan fingerprint density at radius 1 is 1.25 bits per heavy atom. The van der Waals surface area contributed by atoms with Crippen LogP contribution in [0.5, 0.6) is 0 Å². The Labute approximate surface area is 199 Å². The number of carbonyl (C=O) groups excluding carboxylic acids is 1. The molecule has 172 valence electrons. The van der Waals surface area contributed by atoms with Crippen LogP contribution in [0.25, 0.3) is 6.08 Å². The number of thiocarbonyl (C=S) groups is 1. The van der Waals surface area contributed by atoms with Crippen LogP contribution in [0.3, 0.4) is 0 Å². The topological polar surface area (TPSA) is 78.6 Å². The van der Waals surface area contributed by atoms with Crippen molar-refractivity contribution in [2.24, 2.45) is 0 Å². The Kier molecular flexibility index (Phi) is 7.80. The van der Waals surface area contributed by atoms with Gasteiger partial charge in [0.2, 0.25) is 0 Å². The predicted molar refractivity (Wildman–Crippen MR) is 133 cm³/mol. The summed E-state index contributed by atoms with van der Waals surface area (Å²) in [6, 6.07) is 2.10. The van der Waals surface area contributed by atoms with Gasteiger partial charge in [-0.25, -0.2) is 0 Å². The van der Waals surface area contributed by atoms with E-state index in [1.54, 1.807) is 16.4 Å². The van der Waals surface area contributed by atoms with Gasteiger partial charge < -0.3 is 9.64 Å². The molecule has 9 heteroatoms. The summed E-state index contributed by atoms with van der Waals surface area (Å²) in [5.41, 5.74) is 1.17. The first-order valence-electron chi connectivity index (χ1n) is 11.1. The molecule has 1 amide bonds. The largest absolute Gasteiger partial charge is 0.372 e. The second kappa shape index (κ2) is 10.2. The van der Waals surface area contributed by atoms with Gasteiger partial charge in [0, 0.05) is 31.7 Å². The Balaban J connectivity index is 2.28. The summed E-state index contributed by atoms with van der Waals surface area (Å²) >= 11 is 6.64. The molecule has 3 heterocycles. The lowest BCUT2D eigenvalue weighted by Gasteiger charge is -2.39. The third kappa shape index (κ3) is 4.63. The first-order valence-corrected chi connectivity index (χ1v) is 12.3. The lowest BCUT2D eigenvalue weighted by atomic mass is 10.0. The van der Waals surface area contributed by atoms with E-state index in [0.29, 0.717) is 41.0 Å². The first-order chi connectivity index (χ1) is 15.2. The van der Waals surface area contributed by atoms with Crippen molar-refractivity contribution < 1.29 is 9.53 Å². The van der Waals surface area contributed by atoms with Crippen LogP contribution in [0.4, 0.5) is 5.82 Å². The lowest BCUT2D eigenvalue weighted by Crippen LogP contribution is -2.48. The number of nitrogens with zero attached hydrogens (tertiary/aromatic N) is 4. The number of pyridine rings is 1. The molecule has 2 aliphatic rings. The average Bonchev–Trinajstić information content (AvgIpc) is 3.00. The number of anilines is 1. The van der Waals surface area contributed by atoms with Gasteiger partial charge in [-0.1, -0.05) is 37.3 Å². The minimum atomic E-state index is -0.279. The van der Waals surface area contributed by atoms with E-state index in [1.165, 1.54) is 11.8 Å². The Morgan fingerprint density at radius 2 is 1.91 bits per heavy atom. The predicted octanol–water partition coefficient (Wildman–Crippen LogP) is 3.66. The number of unbranched alkanes of at least 4 members (excludes halogenated alkanes) is 1. The molecule has 0 aliphatic carbocycles. The Bertz CT molecular complexity index is 1050. The minimum Gasteiger partial charge on any atom is -0.372 e. The fourth-order valence-corrected chi connectivity index (χ4v) is 5.63. The number of hydrogen-bond donors (Lipinski definition) is 0. The van der Waals surface area contributed by atoms with Crippen LogP contribution in [0.15, 0.2) is 9.70 Å². The van der Waals surface area contributed by atoms with Crippen LogP contribution >= 0.6 is 24.0 Å². The second-order valence-electron chi connectivity index (χ2n) is 8.25. The molecule has 7 nitrogen and oxygen atoms in total. The molecule has 2 aliphatic heterocycles. The third-order valence-electron chi connectivity index (χ3n) is 5.77. The molecule has 0 N–H and O–H groups in total. The molecule has 2 atom stereocenters. The second-order valence-corrected chi connectivity index (χ2v) is 9.92. The molecule has 0 aromatic carbocycles. The molecule has 1 aromatic rings. The minimum absolute atomic E-state index is 0.00409. The molecule has 0 radical (unpaired) electrons. The van der Waals surface area contributed by atoms with Gasteiger partial charge in [-0.05, 0) is 45.8 Å². The van der Waals surface area contributed by atoms with Gasteiger partial charge in [0.1, 0.15) is 21.8 Å². The number of thioether (sulfide) groups is 1. The molecule has 0 bridgehead atoms. The van der Waals surface area contributed by atoms with Gasteiger partial charge >= 0.3 is 0 Å². The lowest BCUT2D eigenvalue weighted by molar-refractivity contribution is -0.121. The van der Waals surface area contributed by atoms with E-state index in [0.717, 1.165) is 24.2 Å². The van der Waals surface area contributed by atoms with Gasteiger partial charge in [0.05, 0.1) is 17.1 Å². The van der Waals surface area contributed by atoms with Gasteiger partial charge in [-0.3, -0.25) is 19.1 Å². The van der Waals surface area contributed by atoms with E-state index in [2.05, 4.69) is 17.9 Å². The van der Waals surface area contributed by atoms with Crippen molar-refractivity contribution in [3.05, 3.63) is 31.9 Å². The zero-order valence-electron chi connectivity index (χ0n) is 19.3. The number of ether oxygens (including phenoxy) is 1. The first kappa shape index (κ1) is 24.5. The molecule has 2 saturated heterocycles. The molecular weight excluding hydrogens is 444 g/mol.